The van der Waals surface area contributed by atoms with E-state index >= 15 is 0 Å². The summed E-state index contributed by atoms with van der Waals surface area (Å²) in [6.07, 6.45) is 3.97. The van der Waals surface area contributed by atoms with Gasteiger partial charge in [0.1, 0.15) is 5.82 Å². The molecule has 2 N–H and O–H groups in total. The van der Waals surface area contributed by atoms with E-state index in [2.05, 4.69) is 52.7 Å². The number of imidazole rings is 1. The molecule has 0 radical (unpaired) electrons. The van der Waals surface area contributed by atoms with Crippen LogP contribution in [-0.4, -0.2) is 22.8 Å². The van der Waals surface area contributed by atoms with Gasteiger partial charge in [-0.1, -0.05) is 19.1 Å². The van der Waals surface area contributed by atoms with Crippen LogP contribution in [-0.2, 0) is 6.54 Å². The van der Waals surface area contributed by atoms with Gasteiger partial charge in [0, 0.05) is 4.90 Å². The van der Waals surface area contributed by atoms with Gasteiger partial charge >= 0.3 is 0 Å². The summed E-state index contributed by atoms with van der Waals surface area (Å²) < 4.78 is 0. The minimum Gasteiger partial charge on any atom is -0.341 e. The average Bonchev–Trinajstić information content (AvgIpc) is 2.85. The highest BCUT2D eigenvalue weighted by Crippen LogP contribution is 2.21. The van der Waals surface area contributed by atoms with Crippen molar-refractivity contribution in [3.8, 4) is 11.3 Å². The summed E-state index contributed by atoms with van der Waals surface area (Å²) in [5.74, 6) is 0.982. The minimum absolute atomic E-state index is 0.791. The molecule has 0 aliphatic heterocycles. The van der Waals surface area contributed by atoms with Gasteiger partial charge in [0.05, 0.1) is 18.4 Å². The molecule has 3 nitrogen and oxygen atoms in total. The van der Waals surface area contributed by atoms with Gasteiger partial charge in [0.2, 0.25) is 0 Å². The maximum Gasteiger partial charge on any atom is 0.120 e. The number of thioether (sulfide) groups is 1. The number of benzene rings is 1. The van der Waals surface area contributed by atoms with E-state index in [0.29, 0.717) is 0 Å². The fourth-order valence-corrected chi connectivity index (χ4v) is 2.02. The molecule has 17 heavy (non-hydrogen) atoms. The fraction of sp³-hybridized carbons (Fsp3) is 0.308. The van der Waals surface area contributed by atoms with Crippen LogP contribution in [0, 0.1) is 0 Å². The van der Waals surface area contributed by atoms with Crippen molar-refractivity contribution in [3.63, 3.8) is 0 Å². The molecule has 0 fully saturated rings. The van der Waals surface area contributed by atoms with Crippen molar-refractivity contribution < 1.29 is 0 Å². The van der Waals surface area contributed by atoms with Crippen LogP contribution in [0.25, 0.3) is 11.3 Å². The molecule has 4 heteroatoms. The van der Waals surface area contributed by atoms with Crippen molar-refractivity contribution in [1.29, 1.82) is 0 Å². The molecule has 0 unspecified atom stereocenters. The van der Waals surface area contributed by atoms with Crippen molar-refractivity contribution >= 4 is 11.8 Å². The second-order valence-electron chi connectivity index (χ2n) is 3.75. The third-order valence-electron chi connectivity index (χ3n) is 2.57. The van der Waals surface area contributed by atoms with Crippen molar-refractivity contribution in [1.82, 2.24) is 15.3 Å². The van der Waals surface area contributed by atoms with Gasteiger partial charge in [0.25, 0.3) is 0 Å². The molecular weight excluding hydrogens is 230 g/mol. The van der Waals surface area contributed by atoms with Crippen LogP contribution in [0.15, 0.2) is 35.4 Å². The van der Waals surface area contributed by atoms with E-state index in [9.17, 15) is 0 Å². The number of nitrogens with zero attached hydrogens (tertiary/aromatic N) is 1. The highest BCUT2D eigenvalue weighted by Gasteiger charge is 2.02. The molecule has 2 aromatic rings. The molecule has 0 bridgehead atoms. The molecule has 1 heterocycles. The average molecular weight is 247 g/mol. The van der Waals surface area contributed by atoms with Crippen LogP contribution in [0.2, 0.25) is 0 Å². The summed E-state index contributed by atoms with van der Waals surface area (Å²) in [5, 5.41) is 3.25. The van der Waals surface area contributed by atoms with Crippen molar-refractivity contribution in [2.75, 3.05) is 12.8 Å². The fourth-order valence-electron chi connectivity index (χ4n) is 1.61. The standard InChI is InChI=1S/C13H17N3S/c1-3-14-9-13-15-8-12(16-13)10-4-6-11(17-2)7-5-10/h4-8,14H,3,9H2,1-2H3,(H,15,16). The predicted molar refractivity (Wildman–Crippen MR) is 73.2 cm³/mol. The molecule has 2 rings (SSSR count). The van der Waals surface area contributed by atoms with E-state index in [4.69, 9.17) is 0 Å². The van der Waals surface area contributed by atoms with E-state index in [1.165, 1.54) is 10.5 Å². The number of H-pyrrole nitrogens is 1. The van der Waals surface area contributed by atoms with Crippen LogP contribution < -0.4 is 5.32 Å². The lowest BCUT2D eigenvalue weighted by Gasteiger charge is -2.00. The first-order chi connectivity index (χ1) is 8.33. The van der Waals surface area contributed by atoms with Gasteiger partial charge in [-0.25, -0.2) is 4.98 Å². The smallest absolute Gasteiger partial charge is 0.120 e. The highest BCUT2D eigenvalue weighted by atomic mass is 32.2. The normalized spacial score (nSPS) is 10.7. The number of hydrogen-bond acceptors (Lipinski definition) is 3. The van der Waals surface area contributed by atoms with E-state index in [1.807, 2.05) is 6.20 Å². The summed E-state index contributed by atoms with van der Waals surface area (Å²) in [6.45, 7) is 3.84. The zero-order valence-electron chi connectivity index (χ0n) is 10.2. The Bertz CT molecular complexity index is 462. The molecule has 0 aliphatic carbocycles. The molecule has 1 aromatic heterocycles. The maximum absolute atomic E-state index is 4.35. The van der Waals surface area contributed by atoms with E-state index in [-0.39, 0.29) is 0 Å². The Labute approximate surface area is 106 Å². The maximum atomic E-state index is 4.35. The quantitative estimate of drug-likeness (QED) is 0.798. The molecular formula is C13H17N3S. The Morgan fingerprint density at radius 1 is 1.29 bits per heavy atom. The van der Waals surface area contributed by atoms with Gasteiger partial charge in [-0.15, -0.1) is 11.8 Å². The van der Waals surface area contributed by atoms with Gasteiger partial charge in [0.15, 0.2) is 0 Å². The van der Waals surface area contributed by atoms with E-state index in [1.54, 1.807) is 11.8 Å². The van der Waals surface area contributed by atoms with Gasteiger partial charge in [-0.2, -0.15) is 0 Å². The molecule has 1 aromatic carbocycles. The van der Waals surface area contributed by atoms with E-state index < -0.39 is 0 Å². The highest BCUT2D eigenvalue weighted by molar-refractivity contribution is 7.98. The Kier molecular flexibility index (Phi) is 4.23. The first-order valence-electron chi connectivity index (χ1n) is 5.72. The molecule has 0 amide bonds. The molecule has 0 atom stereocenters. The van der Waals surface area contributed by atoms with Gasteiger partial charge < -0.3 is 10.3 Å². The Morgan fingerprint density at radius 2 is 2.06 bits per heavy atom. The summed E-state index contributed by atoms with van der Waals surface area (Å²) >= 11 is 1.75. The van der Waals surface area contributed by atoms with Crippen molar-refractivity contribution in [3.05, 3.63) is 36.3 Å². The number of aromatic amines is 1. The summed E-state index contributed by atoms with van der Waals surface area (Å²) in [5.41, 5.74) is 2.25. The largest absolute Gasteiger partial charge is 0.341 e. The zero-order chi connectivity index (χ0) is 12.1. The third kappa shape index (κ3) is 3.11. The molecule has 0 saturated heterocycles. The van der Waals surface area contributed by atoms with Crippen molar-refractivity contribution in [2.24, 2.45) is 0 Å². The third-order valence-corrected chi connectivity index (χ3v) is 3.32. The zero-order valence-corrected chi connectivity index (χ0v) is 11.0. The number of hydrogen-bond donors (Lipinski definition) is 2. The van der Waals surface area contributed by atoms with Crippen LogP contribution in [0.5, 0.6) is 0 Å². The summed E-state index contributed by atoms with van der Waals surface area (Å²) in [7, 11) is 0. The Hall–Kier alpha value is -1.26. The second-order valence-corrected chi connectivity index (χ2v) is 4.63. The Balaban J connectivity index is 2.12. The number of nitrogens with one attached hydrogen (secondary N) is 2. The summed E-state index contributed by atoms with van der Waals surface area (Å²) in [4.78, 5) is 8.95. The molecule has 0 saturated carbocycles. The van der Waals surface area contributed by atoms with E-state index in [0.717, 1.165) is 24.6 Å². The second kappa shape index (κ2) is 5.89. The molecule has 90 valence electrons. The monoisotopic (exact) mass is 247 g/mol. The van der Waals surface area contributed by atoms with Crippen LogP contribution in [0.1, 0.15) is 12.7 Å². The Morgan fingerprint density at radius 3 is 2.71 bits per heavy atom. The number of aromatic nitrogens is 2. The van der Waals surface area contributed by atoms with Gasteiger partial charge in [-0.3, -0.25) is 0 Å². The van der Waals surface area contributed by atoms with Crippen molar-refractivity contribution in [2.45, 2.75) is 18.4 Å². The number of rotatable bonds is 5. The van der Waals surface area contributed by atoms with Crippen LogP contribution in [0.3, 0.4) is 0 Å². The lowest BCUT2D eigenvalue weighted by molar-refractivity contribution is 0.698. The lowest BCUT2D eigenvalue weighted by atomic mass is 10.2. The topological polar surface area (TPSA) is 40.7 Å². The van der Waals surface area contributed by atoms with Crippen LogP contribution in [0.4, 0.5) is 0 Å². The first kappa shape index (κ1) is 12.2. The molecule has 0 spiro atoms. The summed E-state index contributed by atoms with van der Waals surface area (Å²) in [6, 6.07) is 8.50. The minimum atomic E-state index is 0.791. The SMILES string of the molecule is CCNCc1ncc(-c2ccc(SC)cc2)[nH]1. The predicted octanol–water partition coefficient (Wildman–Crippen LogP) is 2.91. The molecule has 0 aliphatic rings. The first-order valence-corrected chi connectivity index (χ1v) is 6.95. The van der Waals surface area contributed by atoms with Crippen LogP contribution >= 0.6 is 11.8 Å². The lowest BCUT2D eigenvalue weighted by Crippen LogP contribution is -2.12. The van der Waals surface area contributed by atoms with Gasteiger partial charge in [-0.05, 0) is 30.5 Å².